The lowest BCUT2D eigenvalue weighted by atomic mass is 10.0. The van der Waals surface area contributed by atoms with Gasteiger partial charge in [-0.1, -0.05) is 11.6 Å². The average Bonchev–Trinajstić information content (AvgIpc) is 2.77. The zero-order valence-electron chi connectivity index (χ0n) is 8.49. The van der Waals surface area contributed by atoms with E-state index in [4.69, 9.17) is 21.1 Å². The van der Waals surface area contributed by atoms with Crippen molar-refractivity contribution in [3.8, 4) is 17.2 Å². The first-order chi connectivity index (χ1) is 7.59. The van der Waals surface area contributed by atoms with Crippen molar-refractivity contribution in [1.82, 2.24) is 0 Å². The molecular formula is C11H11ClO4. The molecule has 0 radical (unpaired) electrons. The number of fused-ring (bicyclic) bond motifs is 1. The molecule has 86 valence electrons. The molecule has 0 aromatic heterocycles. The Labute approximate surface area is 97.4 Å². The Morgan fingerprint density at radius 2 is 2.12 bits per heavy atom. The molecular weight excluding hydrogens is 232 g/mol. The number of ether oxygens (including phenoxy) is 2. The van der Waals surface area contributed by atoms with Gasteiger partial charge in [0.15, 0.2) is 11.5 Å². The van der Waals surface area contributed by atoms with Gasteiger partial charge in [-0.25, -0.2) is 0 Å². The Balaban J connectivity index is 2.07. The number of phenols is 1. The molecule has 4 nitrogen and oxygen atoms in total. The van der Waals surface area contributed by atoms with E-state index < -0.39 is 5.60 Å². The molecule has 0 saturated heterocycles. The second kappa shape index (κ2) is 3.18. The molecule has 0 spiro atoms. The second-order valence-electron chi connectivity index (χ2n) is 4.32. The van der Waals surface area contributed by atoms with E-state index in [1.165, 1.54) is 6.07 Å². The van der Waals surface area contributed by atoms with Crippen LogP contribution >= 0.6 is 11.6 Å². The van der Waals surface area contributed by atoms with Crippen LogP contribution in [0.5, 0.6) is 17.2 Å². The fraction of sp³-hybridized carbons (Fsp3) is 0.455. The summed E-state index contributed by atoms with van der Waals surface area (Å²) < 4.78 is 10.5. The zero-order chi connectivity index (χ0) is 11.3. The highest BCUT2D eigenvalue weighted by atomic mass is 35.5. The fourth-order valence-electron chi connectivity index (χ4n) is 1.88. The third kappa shape index (κ3) is 1.49. The number of aromatic hydroxyl groups is 1. The van der Waals surface area contributed by atoms with Gasteiger partial charge in [-0.05, 0) is 12.8 Å². The normalized spacial score (nSPS) is 19.9. The van der Waals surface area contributed by atoms with E-state index in [-0.39, 0.29) is 17.6 Å². The number of rotatable bonds is 2. The number of benzene rings is 1. The predicted octanol–water partition coefficient (Wildman–Crippen LogP) is 1.84. The average molecular weight is 243 g/mol. The summed E-state index contributed by atoms with van der Waals surface area (Å²) >= 11 is 5.88. The maximum Gasteiger partial charge on any atom is 0.231 e. The van der Waals surface area contributed by atoms with Crippen molar-refractivity contribution in [3.63, 3.8) is 0 Å². The van der Waals surface area contributed by atoms with Gasteiger partial charge in [0.2, 0.25) is 6.79 Å². The van der Waals surface area contributed by atoms with E-state index in [9.17, 15) is 10.2 Å². The van der Waals surface area contributed by atoms with Gasteiger partial charge in [-0.15, -0.1) is 0 Å². The molecule has 16 heavy (non-hydrogen) atoms. The Hall–Kier alpha value is -1.13. The minimum Gasteiger partial charge on any atom is -0.506 e. The molecule has 1 aromatic rings. The van der Waals surface area contributed by atoms with Gasteiger partial charge < -0.3 is 19.7 Å². The molecule has 3 rings (SSSR count). The van der Waals surface area contributed by atoms with E-state index in [0.717, 1.165) is 12.8 Å². The molecule has 0 amide bonds. The van der Waals surface area contributed by atoms with Crippen LogP contribution in [-0.2, 0) is 6.42 Å². The minimum absolute atomic E-state index is 0.0220. The van der Waals surface area contributed by atoms with Crippen LogP contribution in [0.25, 0.3) is 0 Å². The molecule has 0 unspecified atom stereocenters. The Morgan fingerprint density at radius 3 is 2.81 bits per heavy atom. The van der Waals surface area contributed by atoms with Gasteiger partial charge in [0, 0.05) is 18.1 Å². The molecule has 2 aliphatic rings. The molecule has 2 N–H and O–H groups in total. The number of halogens is 1. The van der Waals surface area contributed by atoms with Crippen molar-refractivity contribution >= 4 is 11.6 Å². The highest BCUT2D eigenvalue weighted by Crippen LogP contribution is 2.49. The van der Waals surface area contributed by atoms with Crippen molar-refractivity contribution in [2.45, 2.75) is 24.9 Å². The lowest BCUT2D eigenvalue weighted by Crippen LogP contribution is -2.11. The quantitative estimate of drug-likeness (QED) is 0.831. The minimum atomic E-state index is -0.706. The molecule has 1 aromatic carbocycles. The smallest absolute Gasteiger partial charge is 0.231 e. The maximum absolute atomic E-state index is 9.88. The summed E-state index contributed by atoms with van der Waals surface area (Å²) in [6, 6.07) is 1.53. The van der Waals surface area contributed by atoms with Crippen LogP contribution < -0.4 is 9.47 Å². The first kappa shape index (κ1) is 10.1. The number of hydrogen-bond acceptors (Lipinski definition) is 4. The van der Waals surface area contributed by atoms with Gasteiger partial charge in [0.05, 0.1) is 10.6 Å². The Bertz CT molecular complexity index is 454. The van der Waals surface area contributed by atoms with Gasteiger partial charge in [0.25, 0.3) is 0 Å². The third-order valence-corrected chi connectivity index (χ3v) is 3.31. The van der Waals surface area contributed by atoms with Gasteiger partial charge in [0.1, 0.15) is 5.75 Å². The van der Waals surface area contributed by atoms with Crippen LogP contribution in [0.4, 0.5) is 0 Å². The van der Waals surface area contributed by atoms with Crippen LogP contribution in [-0.4, -0.2) is 22.6 Å². The molecule has 5 heteroatoms. The molecule has 1 saturated carbocycles. The summed E-state index contributed by atoms with van der Waals surface area (Å²) in [6.07, 6.45) is 1.84. The van der Waals surface area contributed by atoms with Crippen molar-refractivity contribution in [3.05, 3.63) is 16.7 Å². The predicted molar refractivity (Wildman–Crippen MR) is 57.1 cm³/mol. The van der Waals surface area contributed by atoms with Crippen molar-refractivity contribution < 1.29 is 19.7 Å². The Kier molecular flexibility index (Phi) is 2.00. The van der Waals surface area contributed by atoms with Crippen LogP contribution in [0, 0.1) is 0 Å². The molecule has 1 aliphatic heterocycles. The van der Waals surface area contributed by atoms with Crippen molar-refractivity contribution in [1.29, 1.82) is 0 Å². The van der Waals surface area contributed by atoms with Crippen molar-refractivity contribution in [2.75, 3.05) is 6.79 Å². The second-order valence-corrected chi connectivity index (χ2v) is 4.73. The SMILES string of the molecule is Oc1c(Cl)cc2c(c1CC1(O)CC1)OCO2. The number of hydrogen-bond donors (Lipinski definition) is 2. The van der Waals surface area contributed by atoms with E-state index >= 15 is 0 Å². The van der Waals surface area contributed by atoms with E-state index in [1.807, 2.05) is 0 Å². The molecule has 1 fully saturated rings. The standard InChI is InChI=1S/C11H11ClO4/c12-7-3-8-10(16-5-15-8)6(9(7)13)4-11(14)1-2-11/h3,13-14H,1-2,4-5H2. The Morgan fingerprint density at radius 1 is 1.38 bits per heavy atom. The van der Waals surface area contributed by atoms with Gasteiger partial charge in [-0.2, -0.15) is 0 Å². The van der Waals surface area contributed by atoms with Crippen LogP contribution in [0.2, 0.25) is 5.02 Å². The third-order valence-electron chi connectivity index (χ3n) is 3.02. The lowest BCUT2D eigenvalue weighted by Gasteiger charge is -2.13. The first-order valence-corrected chi connectivity index (χ1v) is 5.49. The largest absolute Gasteiger partial charge is 0.506 e. The summed E-state index contributed by atoms with van der Waals surface area (Å²) in [4.78, 5) is 0. The fourth-order valence-corrected chi connectivity index (χ4v) is 2.09. The van der Waals surface area contributed by atoms with E-state index in [2.05, 4.69) is 0 Å². The van der Waals surface area contributed by atoms with E-state index in [1.54, 1.807) is 0 Å². The molecule has 1 aliphatic carbocycles. The summed E-state index contributed by atoms with van der Waals surface area (Å²) in [5.74, 6) is 1.01. The first-order valence-electron chi connectivity index (χ1n) is 5.11. The summed E-state index contributed by atoms with van der Waals surface area (Å²) in [6.45, 7) is 0.126. The van der Waals surface area contributed by atoms with E-state index in [0.29, 0.717) is 23.5 Å². The van der Waals surface area contributed by atoms with Crippen molar-refractivity contribution in [2.24, 2.45) is 0 Å². The summed E-state index contributed by atoms with van der Waals surface area (Å²) in [5.41, 5.74) is -0.165. The zero-order valence-corrected chi connectivity index (χ0v) is 9.25. The molecule has 0 bridgehead atoms. The topological polar surface area (TPSA) is 58.9 Å². The summed E-state index contributed by atoms with van der Waals surface area (Å²) in [5, 5.41) is 20.0. The molecule has 1 heterocycles. The lowest BCUT2D eigenvalue weighted by molar-refractivity contribution is 0.146. The monoisotopic (exact) mass is 242 g/mol. The van der Waals surface area contributed by atoms with Gasteiger partial charge in [-0.3, -0.25) is 0 Å². The number of phenolic OH excluding ortho intramolecular Hbond substituents is 1. The van der Waals surface area contributed by atoms with Crippen LogP contribution in [0.3, 0.4) is 0 Å². The van der Waals surface area contributed by atoms with Crippen LogP contribution in [0.15, 0.2) is 6.07 Å². The number of aliphatic hydroxyl groups is 1. The molecule has 0 atom stereocenters. The van der Waals surface area contributed by atoms with Crippen LogP contribution in [0.1, 0.15) is 18.4 Å². The van der Waals surface area contributed by atoms with Gasteiger partial charge >= 0.3 is 0 Å². The highest BCUT2D eigenvalue weighted by Gasteiger charge is 2.42. The summed E-state index contributed by atoms with van der Waals surface area (Å²) in [7, 11) is 0. The highest BCUT2D eigenvalue weighted by molar-refractivity contribution is 6.32. The maximum atomic E-state index is 9.88.